The van der Waals surface area contributed by atoms with Gasteiger partial charge >= 0.3 is 0 Å². The Morgan fingerprint density at radius 2 is 1.95 bits per heavy atom. The molecular formula is C17H35IN4. The third-order valence-corrected chi connectivity index (χ3v) is 4.68. The molecule has 0 aromatic carbocycles. The maximum absolute atomic E-state index is 4.75. The van der Waals surface area contributed by atoms with Crippen LogP contribution in [0.4, 0.5) is 0 Å². The van der Waals surface area contributed by atoms with Gasteiger partial charge in [0.25, 0.3) is 0 Å². The highest BCUT2D eigenvalue weighted by molar-refractivity contribution is 14.0. The number of rotatable bonds is 6. The van der Waals surface area contributed by atoms with Gasteiger partial charge < -0.3 is 15.5 Å². The van der Waals surface area contributed by atoms with Gasteiger partial charge in [-0.25, -0.2) is 0 Å². The van der Waals surface area contributed by atoms with Crippen LogP contribution in [0.25, 0.3) is 0 Å². The summed E-state index contributed by atoms with van der Waals surface area (Å²) < 4.78 is 0. The molecule has 1 aliphatic heterocycles. The largest absolute Gasteiger partial charge is 0.357 e. The highest BCUT2D eigenvalue weighted by Crippen LogP contribution is 2.17. The molecule has 1 aliphatic carbocycles. The molecule has 4 nitrogen and oxygen atoms in total. The number of hydrogen-bond acceptors (Lipinski definition) is 2. The van der Waals surface area contributed by atoms with Crippen molar-refractivity contribution in [2.24, 2.45) is 10.9 Å². The molecule has 1 saturated heterocycles. The first-order valence-electron chi connectivity index (χ1n) is 9.05. The van der Waals surface area contributed by atoms with Crippen molar-refractivity contribution in [1.29, 1.82) is 0 Å². The van der Waals surface area contributed by atoms with Gasteiger partial charge in [-0.1, -0.05) is 19.8 Å². The number of nitrogens with zero attached hydrogens (tertiary/aromatic N) is 2. The van der Waals surface area contributed by atoms with E-state index in [0.717, 1.165) is 25.0 Å². The minimum absolute atomic E-state index is 0. The van der Waals surface area contributed by atoms with Crippen molar-refractivity contribution >= 4 is 29.9 Å². The molecule has 0 bridgehead atoms. The molecular weight excluding hydrogens is 387 g/mol. The Hall–Kier alpha value is -0.0400. The van der Waals surface area contributed by atoms with Crippen molar-refractivity contribution in [1.82, 2.24) is 15.5 Å². The molecule has 2 N–H and O–H groups in total. The van der Waals surface area contributed by atoms with E-state index in [-0.39, 0.29) is 24.0 Å². The summed E-state index contributed by atoms with van der Waals surface area (Å²) in [5.74, 6) is 1.90. The van der Waals surface area contributed by atoms with Gasteiger partial charge in [-0.3, -0.25) is 4.99 Å². The van der Waals surface area contributed by atoms with Gasteiger partial charge in [-0.2, -0.15) is 0 Å². The minimum atomic E-state index is 0. The Morgan fingerprint density at radius 1 is 1.18 bits per heavy atom. The summed E-state index contributed by atoms with van der Waals surface area (Å²) in [6.07, 6.45) is 9.29. The zero-order valence-electron chi connectivity index (χ0n) is 14.4. The normalized spacial score (nSPS) is 24.1. The zero-order chi connectivity index (χ0) is 14.9. The third-order valence-electron chi connectivity index (χ3n) is 4.68. The smallest absolute Gasteiger partial charge is 0.191 e. The van der Waals surface area contributed by atoms with Crippen molar-refractivity contribution < 1.29 is 0 Å². The van der Waals surface area contributed by atoms with Crippen LogP contribution >= 0.6 is 24.0 Å². The lowest BCUT2D eigenvalue weighted by molar-refractivity contribution is 0.183. The van der Waals surface area contributed by atoms with E-state index < -0.39 is 0 Å². The molecule has 0 aromatic heterocycles. The van der Waals surface area contributed by atoms with Crippen LogP contribution in [0.3, 0.4) is 0 Å². The monoisotopic (exact) mass is 422 g/mol. The van der Waals surface area contributed by atoms with Crippen LogP contribution in [-0.2, 0) is 0 Å². The molecule has 2 fully saturated rings. The second-order valence-corrected chi connectivity index (χ2v) is 6.79. The van der Waals surface area contributed by atoms with Gasteiger partial charge in [-0.15, -0.1) is 24.0 Å². The van der Waals surface area contributed by atoms with Crippen LogP contribution in [-0.4, -0.2) is 49.6 Å². The molecule has 22 heavy (non-hydrogen) atoms. The first kappa shape index (κ1) is 20.0. The summed E-state index contributed by atoms with van der Waals surface area (Å²) in [5.41, 5.74) is 0. The van der Waals surface area contributed by atoms with Gasteiger partial charge in [0.15, 0.2) is 5.96 Å². The lowest BCUT2D eigenvalue weighted by Crippen LogP contribution is -2.42. The quantitative estimate of drug-likeness (QED) is 0.299. The van der Waals surface area contributed by atoms with E-state index in [2.05, 4.69) is 29.4 Å². The van der Waals surface area contributed by atoms with Crippen molar-refractivity contribution in [2.75, 3.05) is 32.7 Å². The molecule has 0 aromatic rings. The molecule has 1 unspecified atom stereocenters. The predicted octanol–water partition coefficient (Wildman–Crippen LogP) is 3.22. The molecule has 130 valence electrons. The maximum atomic E-state index is 4.75. The predicted molar refractivity (Wildman–Crippen MR) is 106 cm³/mol. The summed E-state index contributed by atoms with van der Waals surface area (Å²) in [6.45, 7) is 10.2. The second-order valence-electron chi connectivity index (χ2n) is 6.79. The van der Waals surface area contributed by atoms with E-state index in [1.165, 1.54) is 64.6 Å². The first-order chi connectivity index (χ1) is 10.3. The number of likely N-dealkylation sites (tertiary alicyclic amines) is 1. The Balaban J connectivity index is 0.00000242. The van der Waals surface area contributed by atoms with Crippen LogP contribution in [0.1, 0.15) is 58.8 Å². The standard InChI is InChI=1S/C17H34N4.HI/c1-3-18-17(20-16-9-4-5-10-16)19-11-7-13-21-12-6-8-15(2)14-21;/h15-16H,3-14H2,1-2H3,(H2,18,19,20);1H. The van der Waals surface area contributed by atoms with Gasteiger partial charge in [0.1, 0.15) is 0 Å². The molecule has 1 saturated carbocycles. The summed E-state index contributed by atoms with van der Waals surface area (Å²) in [5, 5.41) is 6.97. The van der Waals surface area contributed by atoms with E-state index in [4.69, 9.17) is 4.99 Å². The fourth-order valence-electron chi connectivity index (χ4n) is 3.56. The van der Waals surface area contributed by atoms with Gasteiger partial charge in [0.05, 0.1) is 0 Å². The van der Waals surface area contributed by atoms with E-state index >= 15 is 0 Å². The molecule has 0 spiro atoms. The fourth-order valence-corrected chi connectivity index (χ4v) is 3.56. The molecule has 1 heterocycles. The zero-order valence-corrected chi connectivity index (χ0v) is 16.8. The first-order valence-corrected chi connectivity index (χ1v) is 9.05. The number of hydrogen-bond donors (Lipinski definition) is 2. The lowest BCUT2D eigenvalue weighted by atomic mass is 10.0. The fraction of sp³-hybridized carbons (Fsp3) is 0.941. The molecule has 1 atom stereocenters. The highest BCUT2D eigenvalue weighted by Gasteiger charge is 2.16. The van der Waals surface area contributed by atoms with E-state index in [1.807, 2.05) is 0 Å². The Bertz CT molecular complexity index is 316. The lowest BCUT2D eigenvalue weighted by Gasteiger charge is -2.30. The van der Waals surface area contributed by atoms with E-state index in [0.29, 0.717) is 6.04 Å². The average molecular weight is 422 g/mol. The Kier molecular flexibility index (Phi) is 10.4. The summed E-state index contributed by atoms with van der Waals surface area (Å²) in [6, 6.07) is 0.644. The van der Waals surface area contributed by atoms with E-state index in [1.54, 1.807) is 0 Å². The van der Waals surface area contributed by atoms with Gasteiger partial charge in [0, 0.05) is 25.7 Å². The number of nitrogens with one attached hydrogen (secondary N) is 2. The van der Waals surface area contributed by atoms with Crippen LogP contribution in [0.2, 0.25) is 0 Å². The molecule has 5 heteroatoms. The summed E-state index contributed by atoms with van der Waals surface area (Å²) >= 11 is 0. The van der Waals surface area contributed by atoms with Crippen LogP contribution in [0, 0.1) is 5.92 Å². The van der Waals surface area contributed by atoms with Crippen LogP contribution in [0.5, 0.6) is 0 Å². The molecule has 2 rings (SSSR count). The van der Waals surface area contributed by atoms with E-state index in [9.17, 15) is 0 Å². The summed E-state index contributed by atoms with van der Waals surface area (Å²) in [7, 11) is 0. The number of aliphatic imine (C=N–C) groups is 1. The average Bonchev–Trinajstić information content (AvgIpc) is 2.97. The van der Waals surface area contributed by atoms with Crippen LogP contribution < -0.4 is 10.6 Å². The Morgan fingerprint density at radius 3 is 2.64 bits per heavy atom. The van der Waals surface area contributed by atoms with Crippen LogP contribution in [0.15, 0.2) is 4.99 Å². The second kappa shape index (κ2) is 11.5. The molecule has 0 radical (unpaired) electrons. The van der Waals surface area contributed by atoms with Crippen molar-refractivity contribution in [3.05, 3.63) is 0 Å². The van der Waals surface area contributed by atoms with Crippen molar-refractivity contribution in [3.8, 4) is 0 Å². The topological polar surface area (TPSA) is 39.7 Å². The SMILES string of the molecule is CCNC(=NCCCN1CCCC(C)C1)NC1CCCC1.I. The highest BCUT2D eigenvalue weighted by atomic mass is 127. The van der Waals surface area contributed by atoms with Gasteiger partial charge in [-0.05, 0) is 58.0 Å². The third kappa shape index (κ3) is 7.49. The van der Waals surface area contributed by atoms with Crippen molar-refractivity contribution in [3.63, 3.8) is 0 Å². The number of piperidine rings is 1. The number of guanidine groups is 1. The Labute approximate surface area is 153 Å². The minimum Gasteiger partial charge on any atom is -0.357 e. The van der Waals surface area contributed by atoms with Crippen molar-refractivity contribution in [2.45, 2.75) is 64.8 Å². The molecule has 2 aliphatic rings. The summed E-state index contributed by atoms with van der Waals surface area (Å²) in [4.78, 5) is 7.36. The maximum Gasteiger partial charge on any atom is 0.191 e. The number of halogens is 1. The van der Waals surface area contributed by atoms with Gasteiger partial charge in [0.2, 0.25) is 0 Å². The molecule has 0 amide bonds.